The van der Waals surface area contributed by atoms with Gasteiger partial charge in [-0.15, -0.1) is 0 Å². The number of carbonyl (C=O) groups is 1. The fourth-order valence-electron chi connectivity index (χ4n) is 1.57. The van der Waals surface area contributed by atoms with Crippen molar-refractivity contribution in [2.75, 3.05) is 7.11 Å². The van der Waals surface area contributed by atoms with Gasteiger partial charge in [0.05, 0.1) is 29.4 Å². The zero-order chi connectivity index (χ0) is 13.1. The van der Waals surface area contributed by atoms with Crippen molar-refractivity contribution in [3.05, 3.63) is 52.3 Å². The van der Waals surface area contributed by atoms with Crippen LogP contribution in [-0.4, -0.2) is 18.0 Å². The van der Waals surface area contributed by atoms with Gasteiger partial charge < -0.3 is 9.15 Å². The fraction of sp³-hybridized carbons (Fsp3) is 0.0833. The van der Waals surface area contributed by atoms with Crippen LogP contribution in [0.25, 0.3) is 11.3 Å². The first kappa shape index (κ1) is 11.8. The van der Waals surface area contributed by atoms with Crippen LogP contribution < -0.4 is 0 Å². The van der Waals surface area contributed by atoms with Crippen LogP contribution in [0.5, 0.6) is 0 Å². The molecule has 0 aliphatic carbocycles. The molecule has 2 aromatic rings. The fourth-order valence-corrected chi connectivity index (χ4v) is 1.57. The van der Waals surface area contributed by atoms with Crippen molar-refractivity contribution in [3.63, 3.8) is 0 Å². The number of nitro benzene ring substituents is 1. The van der Waals surface area contributed by atoms with Crippen LogP contribution in [0.2, 0.25) is 0 Å². The number of ether oxygens (including phenoxy) is 1. The number of nitro groups is 1. The van der Waals surface area contributed by atoms with Gasteiger partial charge in [-0.25, -0.2) is 4.79 Å². The van der Waals surface area contributed by atoms with Gasteiger partial charge in [0.1, 0.15) is 5.76 Å². The lowest BCUT2D eigenvalue weighted by Crippen LogP contribution is -2.02. The zero-order valence-corrected chi connectivity index (χ0v) is 9.45. The minimum atomic E-state index is -0.621. The Kier molecular flexibility index (Phi) is 3.09. The first-order chi connectivity index (χ1) is 8.63. The van der Waals surface area contributed by atoms with Crippen LogP contribution in [0.3, 0.4) is 0 Å². The molecule has 0 aliphatic heterocycles. The molecule has 0 radical (unpaired) electrons. The first-order valence-electron chi connectivity index (χ1n) is 5.04. The maximum atomic E-state index is 11.3. The summed E-state index contributed by atoms with van der Waals surface area (Å²) in [6.07, 6.45) is 1.42. The highest BCUT2D eigenvalue weighted by Crippen LogP contribution is 2.31. The highest BCUT2D eigenvalue weighted by Gasteiger charge is 2.20. The number of nitrogens with zero attached hydrogens (tertiary/aromatic N) is 1. The summed E-state index contributed by atoms with van der Waals surface area (Å²) in [4.78, 5) is 21.7. The van der Waals surface area contributed by atoms with E-state index in [0.717, 1.165) is 0 Å². The third kappa shape index (κ3) is 2.08. The van der Waals surface area contributed by atoms with Crippen molar-refractivity contribution >= 4 is 11.7 Å². The second kappa shape index (κ2) is 4.70. The topological polar surface area (TPSA) is 82.6 Å². The maximum absolute atomic E-state index is 11.3. The van der Waals surface area contributed by atoms with E-state index in [1.165, 1.54) is 31.6 Å². The largest absolute Gasteiger partial charge is 0.465 e. The number of methoxy groups -OCH3 is 1. The van der Waals surface area contributed by atoms with Gasteiger partial charge in [0.15, 0.2) is 0 Å². The van der Waals surface area contributed by atoms with E-state index in [1.807, 2.05) is 0 Å². The average Bonchev–Trinajstić information content (AvgIpc) is 2.90. The molecule has 0 unspecified atom stereocenters. The van der Waals surface area contributed by atoms with E-state index in [0.29, 0.717) is 11.3 Å². The van der Waals surface area contributed by atoms with E-state index in [2.05, 4.69) is 4.74 Å². The molecule has 1 aromatic heterocycles. The number of carbonyl (C=O) groups excluding carboxylic acids is 1. The number of hydrogen-bond donors (Lipinski definition) is 0. The molecule has 6 nitrogen and oxygen atoms in total. The molecule has 1 heterocycles. The SMILES string of the molecule is COC(=O)c1ccc(-c2ccco2)c([N+](=O)[O-])c1. The lowest BCUT2D eigenvalue weighted by molar-refractivity contribution is -0.384. The van der Waals surface area contributed by atoms with Crippen LogP contribution in [0.1, 0.15) is 10.4 Å². The second-order valence-electron chi connectivity index (χ2n) is 3.46. The predicted molar refractivity (Wildman–Crippen MR) is 62.1 cm³/mol. The van der Waals surface area contributed by atoms with E-state index in [9.17, 15) is 14.9 Å². The molecule has 1 aromatic carbocycles. The summed E-state index contributed by atoms with van der Waals surface area (Å²) >= 11 is 0. The number of benzene rings is 1. The highest BCUT2D eigenvalue weighted by atomic mass is 16.6. The molecule has 0 bridgehead atoms. The van der Waals surface area contributed by atoms with E-state index in [4.69, 9.17) is 4.42 Å². The van der Waals surface area contributed by atoms with Crippen molar-refractivity contribution < 1.29 is 18.9 Å². The van der Waals surface area contributed by atoms with Crippen molar-refractivity contribution in [2.45, 2.75) is 0 Å². The van der Waals surface area contributed by atoms with Gasteiger partial charge in [0.2, 0.25) is 0 Å². The third-order valence-corrected chi connectivity index (χ3v) is 2.40. The summed E-state index contributed by atoms with van der Waals surface area (Å²) in [6, 6.07) is 7.33. The predicted octanol–water partition coefficient (Wildman–Crippen LogP) is 2.64. The Balaban J connectivity index is 2.55. The number of rotatable bonds is 3. The molecule has 0 amide bonds. The molecule has 92 valence electrons. The Labute approximate surface area is 102 Å². The summed E-state index contributed by atoms with van der Waals surface area (Å²) < 4.78 is 9.63. The summed E-state index contributed by atoms with van der Waals surface area (Å²) in [7, 11) is 1.22. The molecule has 0 aliphatic rings. The smallest absolute Gasteiger partial charge is 0.338 e. The van der Waals surface area contributed by atoms with Crippen LogP contribution in [-0.2, 0) is 4.74 Å². The molecule has 0 saturated heterocycles. The summed E-state index contributed by atoms with van der Waals surface area (Å²) in [6.45, 7) is 0. The molecule has 0 spiro atoms. The molecule has 0 fully saturated rings. The monoisotopic (exact) mass is 247 g/mol. The average molecular weight is 247 g/mol. The Morgan fingerprint density at radius 2 is 2.17 bits per heavy atom. The summed E-state index contributed by atoms with van der Waals surface area (Å²) in [5.41, 5.74) is 0.241. The van der Waals surface area contributed by atoms with Gasteiger partial charge in [-0.2, -0.15) is 0 Å². The van der Waals surface area contributed by atoms with Crippen molar-refractivity contribution in [3.8, 4) is 11.3 Å². The van der Waals surface area contributed by atoms with Crippen molar-refractivity contribution in [2.24, 2.45) is 0 Å². The number of hydrogen-bond acceptors (Lipinski definition) is 5. The van der Waals surface area contributed by atoms with Gasteiger partial charge in [-0.05, 0) is 24.3 Å². The van der Waals surface area contributed by atoms with Gasteiger partial charge in [0.25, 0.3) is 5.69 Å². The van der Waals surface area contributed by atoms with Crippen LogP contribution in [0.15, 0.2) is 41.0 Å². The second-order valence-corrected chi connectivity index (χ2v) is 3.46. The number of furan rings is 1. The van der Waals surface area contributed by atoms with Crippen LogP contribution in [0, 0.1) is 10.1 Å². The van der Waals surface area contributed by atoms with Gasteiger partial charge in [-0.1, -0.05) is 0 Å². The van der Waals surface area contributed by atoms with Crippen LogP contribution >= 0.6 is 0 Å². The first-order valence-corrected chi connectivity index (χ1v) is 5.04. The lowest BCUT2D eigenvalue weighted by Gasteiger charge is -2.02. The van der Waals surface area contributed by atoms with E-state index >= 15 is 0 Å². The minimum Gasteiger partial charge on any atom is -0.465 e. The summed E-state index contributed by atoms with van der Waals surface area (Å²) in [5.74, 6) is -0.248. The van der Waals surface area contributed by atoms with Crippen LogP contribution in [0.4, 0.5) is 5.69 Å². The maximum Gasteiger partial charge on any atom is 0.338 e. The van der Waals surface area contributed by atoms with Crippen molar-refractivity contribution in [1.82, 2.24) is 0 Å². The molecule has 2 rings (SSSR count). The molecule has 6 heteroatoms. The number of esters is 1. The Hall–Kier alpha value is -2.63. The molecular weight excluding hydrogens is 238 g/mol. The standard InChI is InChI=1S/C12H9NO5/c1-17-12(14)8-4-5-9(10(7-8)13(15)16)11-3-2-6-18-11/h2-7H,1H3. The van der Waals surface area contributed by atoms with E-state index in [1.54, 1.807) is 12.1 Å². The Morgan fingerprint density at radius 3 is 2.72 bits per heavy atom. The van der Waals surface area contributed by atoms with Gasteiger partial charge >= 0.3 is 5.97 Å². The van der Waals surface area contributed by atoms with E-state index < -0.39 is 10.9 Å². The summed E-state index contributed by atoms with van der Waals surface area (Å²) in [5, 5.41) is 11.0. The van der Waals surface area contributed by atoms with Crippen molar-refractivity contribution in [1.29, 1.82) is 0 Å². The molecule has 18 heavy (non-hydrogen) atoms. The molecule has 0 atom stereocenters. The highest BCUT2D eigenvalue weighted by molar-refractivity contribution is 5.91. The van der Waals surface area contributed by atoms with Gasteiger partial charge in [-0.3, -0.25) is 10.1 Å². The quantitative estimate of drug-likeness (QED) is 0.473. The minimum absolute atomic E-state index is 0.125. The third-order valence-electron chi connectivity index (χ3n) is 2.40. The Bertz CT molecular complexity index is 589. The molecule has 0 saturated carbocycles. The normalized spacial score (nSPS) is 10.1. The zero-order valence-electron chi connectivity index (χ0n) is 9.45. The Morgan fingerprint density at radius 1 is 1.39 bits per heavy atom. The van der Waals surface area contributed by atoms with E-state index in [-0.39, 0.29) is 11.3 Å². The molecular formula is C12H9NO5. The molecule has 0 N–H and O–H groups in total. The lowest BCUT2D eigenvalue weighted by atomic mass is 10.1. The van der Waals surface area contributed by atoms with Gasteiger partial charge in [0, 0.05) is 6.07 Å².